The van der Waals surface area contributed by atoms with Gasteiger partial charge < -0.3 is 4.90 Å². The van der Waals surface area contributed by atoms with Crippen LogP contribution in [0, 0.1) is 0 Å². The van der Waals surface area contributed by atoms with Gasteiger partial charge in [0.15, 0.2) is 0 Å². The molecule has 0 saturated heterocycles. The van der Waals surface area contributed by atoms with Crippen LogP contribution in [0.2, 0.25) is 0 Å². The second-order valence-corrected chi connectivity index (χ2v) is 4.16. The lowest BCUT2D eigenvalue weighted by Crippen LogP contribution is -2.27. The number of amides is 1. The predicted octanol–water partition coefficient (Wildman–Crippen LogP) is 3.48. The van der Waals surface area contributed by atoms with Crippen LogP contribution in [0.3, 0.4) is 0 Å². The summed E-state index contributed by atoms with van der Waals surface area (Å²) in [5.41, 5.74) is 2.79. The Morgan fingerprint density at radius 1 is 1.27 bits per heavy atom. The Morgan fingerprint density at radius 2 is 2.00 bits per heavy atom. The molecule has 1 heterocycles. The van der Waals surface area contributed by atoms with Crippen LogP contribution in [0.1, 0.15) is 59.3 Å². The van der Waals surface area contributed by atoms with Crippen molar-refractivity contribution in [1.29, 1.82) is 0 Å². The quantitative estimate of drug-likeness (QED) is 0.678. The van der Waals surface area contributed by atoms with Gasteiger partial charge in [-0.1, -0.05) is 27.2 Å². The van der Waals surface area contributed by atoms with E-state index in [1.54, 1.807) is 0 Å². The first kappa shape index (κ1) is 12.3. The smallest absolute Gasteiger partial charge is 0.226 e. The Kier molecular flexibility index (Phi) is 4.86. The number of rotatable bonds is 5. The summed E-state index contributed by atoms with van der Waals surface area (Å²) >= 11 is 0. The third-order valence-corrected chi connectivity index (χ3v) is 3.18. The summed E-state index contributed by atoms with van der Waals surface area (Å²) in [6.07, 6.45) is 6.04. The molecular weight excluding hydrogens is 186 g/mol. The molecule has 0 atom stereocenters. The van der Waals surface area contributed by atoms with Gasteiger partial charge in [0, 0.05) is 18.7 Å². The summed E-state index contributed by atoms with van der Waals surface area (Å²) < 4.78 is 0. The van der Waals surface area contributed by atoms with E-state index in [0.717, 1.165) is 45.1 Å². The molecule has 15 heavy (non-hydrogen) atoms. The first-order valence-corrected chi connectivity index (χ1v) is 6.25. The molecule has 1 aliphatic heterocycles. The largest absolute Gasteiger partial charge is 0.316 e. The Bertz CT molecular complexity index is 255. The van der Waals surface area contributed by atoms with Crippen LogP contribution < -0.4 is 0 Å². The Labute approximate surface area is 93.3 Å². The van der Waals surface area contributed by atoms with Gasteiger partial charge >= 0.3 is 0 Å². The molecule has 0 aromatic rings. The Balaban J connectivity index is 2.63. The Morgan fingerprint density at radius 3 is 2.53 bits per heavy atom. The maximum absolute atomic E-state index is 11.9. The monoisotopic (exact) mass is 209 g/mol. The highest BCUT2D eigenvalue weighted by Gasteiger charge is 2.24. The lowest BCUT2D eigenvalue weighted by atomic mass is 10.1. The molecule has 0 unspecified atom stereocenters. The van der Waals surface area contributed by atoms with Gasteiger partial charge in [-0.2, -0.15) is 0 Å². The molecule has 2 nitrogen and oxygen atoms in total. The Hall–Kier alpha value is -0.790. The first-order chi connectivity index (χ1) is 7.24. The molecule has 1 rings (SSSR count). The number of unbranched alkanes of at least 4 members (excludes halogenated alkanes) is 1. The van der Waals surface area contributed by atoms with E-state index in [4.69, 9.17) is 0 Å². The standard InChI is InChI=1S/C13H23NO/c1-4-7-8-13(15)14-10-9-11(5-2)12(14)6-3/h4-10H2,1-3H3. The molecule has 0 N–H and O–H groups in total. The molecular formula is C13H23NO. The van der Waals surface area contributed by atoms with Gasteiger partial charge in [-0.3, -0.25) is 4.79 Å². The average Bonchev–Trinajstić information content (AvgIpc) is 2.68. The molecule has 0 radical (unpaired) electrons. The van der Waals surface area contributed by atoms with Crippen LogP contribution in [0.15, 0.2) is 11.3 Å². The molecule has 1 amide bonds. The van der Waals surface area contributed by atoms with Crippen LogP contribution in [0.4, 0.5) is 0 Å². The summed E-state index contributed by atoms with van der Waals surface area (Å²) in [5.74, 6) is 0.331. The second-order valence-electron chi connectivity index (χ2n) is 4.16. The van der Waals surface area contributed by atoms with E-state index in [0.29, 0.717) is 5.91 Å². The van der Waals surface area contributed by atoms with Crippen LogP contribution in [0.25, 0.3) is 0 Å². The van der Waals surface area contributed by atoms with Gasteiger partial charge in [0.1, 0.15) is 0 Å². The van der Waals surface area contributed by atoms with E-state index >= 15 is 0 Å². The molecule has 0 aliphatic carbocycles. The van der Waals surface area contributed by atoms with Crippen LogP contribution >= 0.6 is 0 Å². The van der Waals surface area contributed by atoms with Crippen LogP contribution in [-0.2, 0) is 4.79 Å². The van der Waals surface area contributed by atoms with Crippen molar-refractivity contribution in [3.8, 4) is 0 Å². The SMILES string of the molecule is CCCCC(=O)N1CCC(CC)=C1CC. The van der Waals surface area contributed by atoms with Crippen molar-refractivity contribution in [3.63, 3.8) is 0 Å². The highest BCUT2D eigenvalue weighted by molar-refractivity contribution is 5.78. The molecule has 0 spiro atoms. The maximum atomic E-state index is 11.9. The highest BCUT2D eigenvalue weighted by Crippen LogP contribution is 2.28. The fourth-order valence-corrected chi connectivity index (χ4v) is 2.28. The number of carbonyl (C=O) groups excluding carboxylic acids is 1. The number of hydrogen-bond acceptors (Lipinski definition) is 1. The van der Waals surface area contributed by atoms with Gasteiger partial charge in [0.05, 0.1) is 0 Å². The fraction of sp³-hybridized carbons (Fsp3) is 0.769. The van der Waals surface area contributed by atoms with Gasteiger partial charge in [-0.05, 0) is 31.3 Å². The topological polar surface area (TPSA) is 20.3 Å². The average molecular weight is 209 g/mol. The predicted molar refractivity (Wildman–Crippen MR) is 63.5 cm³/mol. The van der Waals surface area contributed by atoms with Gasteiger partial charge in [0.2, 0.25) is 5.91 Å². The molecule has 86 valence electrons. The minimum Gasteiger partial charge on any atom is -0.316 e. The zero-order chi connectivity index (χ0) is 11.3. The molecule has 1 aliphatic rings. The molecule has 2 heteroatoms. The summed E-state index contributed by atoms with van der Waals surface area (Å²) in [6.45, 7) is 7.39. The van der Waals surface area contributed by atoms with Crippen molar-refractivity contribution >= 4 is 5.91 Å². The van der Waals surface area contributed by atoms with E-state index in [-0.39, 0.29) is 0 Å². The minimum atomic E-state index is 0.331. The van der Waals surface area contributed by atoms with Crippen molar-refractivity contribution in [3.05, 3.63) is 11.3 Å². The number of hydrogen-bond donors (Lipinski definition) is 0. The summed E-state index contributed by atoms with van der Waals surface area (Å²) in [5, 5.41) is 0. The lowest BCUT2D eigenvalue weighted by Gasteiger charge is -2.19. The summed E-state index contributed by atoms with van der Waals surface area (Å²) in [6, 6.07) is 0. The van der Waals surface area contributed by atoms with E-state index in [9.17, 15) is 4.79 Å². The van der Waals surface area contributed by atoms with Crippen molar-refractivity contribution in [2.45, 2.75) is 59.3 Å². The van der Waals surface area contributed by atoms with Crippen molar-refractivity contribution in [2.24, 2.45) is 0 Å². The zero-order valence-corrected chi connectivity index (χ0v) is 10.3. The summed E-state index contributed by atoms with van der Waals surface area (Å²) in [7, 11) is 0. The van der Waals surface area contributed by atoms with E-state index < -0.39 is 0 Å². The third kappa shape index (κ3) is 2.83. The highest BCUT2D eigenvalue weighted by atomic mass is 16.2. The zero-order valence-electron chi connectivity index (χ0n) is 10.3. The second kappa shape index (κ2) is 5.94. The van der Waals surface area contributed by atoms with E-state index in [1.807, 2.05) is 4.90 Å². The molecule has 0 aromatic heterocycles. The molecule has 0 saturated carbocycles. The molecule has 0 bridgehead atoms. The minimum absolute atomic E-state index is 0.331. The fourth-order valence-electron chi connectivity index (χ4n) is 2.28. The maximum Gasteiger partial charge on any atom is 0.226 e. The van der Waals surface area contributed by atoms with Crippen molar-refractivity contribution in [2.75, 3.05) is 6.54 Å². The molecule has 0 aromatic carbocycles. The number of carbonyl (C=O) groups is 1. The van der Waals surface area contributed by atoms with Crippen molar-refractivity contribution < 1.29 is 4.79 Å². The lowest BCUT2D eigenvalue weighted by molar-refractivity contribution is -0.129. The van der Waals surface area contributed by atoms with Crippen molar-refractivity contribution in [1.82, 2.24) is 4.90 Å². The number of allylic oxidation sites excluding steroid dienone is 1. The normalized spacial score (nSPS) is 16.3. The third-order valence-electron chi connectivity index (χ3n) is 3.18. The molecule has 0 fully saturated rings. The van der Waals surface area contributed by atoms with Gasteiger partial charge in [-0.25, -0.2) is 0 Å². The first-order valence-electron chi connectivity index (χ1n) is 6.25. The van der Waals surface area contributed by atoms with Gasteiger partial charge in [-0.15, -0.1) is 0 Å². The van der Waals surface area contributed by atoms with Crippen LogP contribution in [0.5, 0.6) is 0 Å². The van der Waals surface area contributed by atoms with Crippen LogP contribution in [-0.4, -0.2) is 17.4 Å². The van der Waals surface area contributed by atoms with E-state index in [2.05, 4.69) is 20.8 Å². The number of nitrogens with zero attached hydrogens (tertiary/aromatic N) is 1. The van der Waals surface area contributed by atoms with E-state index in [1.165, 1.54) is 11.3 Å². The van der Waals surface area contributed by atoms with Gasteiger partial charge in [0.25, 0.3) is 0 Å². The summed E-state index contributed by atoms with van der Waals surface area (Å²) in [4.78, 5) is 13.9.